The van der Waals surface area contributed by atoms with Crippen LogP contribution in [0.1, 0.15) is 5.56 Å². The first-order valence-electron chi connectivity index (χ1n) is 3.61. The van der Waals surface area contributed by atoms with Crippen LogP contribution >= 0.6 is 0 Å². The van der Waals surface area contributed by atoms with Crippen molar-refractivity contribution >= 4 is 0 Å². The molecule has 1 heterocycles. The summed E-state index contributed by atoms with van der Waals surface area (Å²) in [6.07, 6.45) is 6.29. The number of rotatable bonds is 3. The molecule has 64 valence electrons. The Kier molecular flexibility index (Phi) is 3.75. The lowest BCUT2D eigenvalue weighted by Crippen LogP contribution is -2.05. The molecule has 0 atom stereocenters. The first-order valence-corrected chi connectivity index (χ1v) is 3.61. The zero-order valence-corrected chi connectivity index (χ0v) is 6.62. The Bertz CT molecular complexity index is 258. The van der Waals surface area contributed by atoms with Gasteiger partial charge in [0.2, 0.25) is 0 Å². The van der Waals surface area contributed by atoms with Crippen LogP contribution in [-0.4, -0.2) is 18.3 Å². The van der Waals surface area contributed by atoms with Crippen LogP contribution < -0.4 is 5.73 Å². The van der Waals surface area contributed by atoms with Gasteiger partial charge in [0, 0.05) is 18.5 Å². The summed E-state index contributed by atoms with van der Waals surface area (Å²) in [5.41, 5.74) is 6.13. The Hall–Kier alpha value is -1.47. The molecule has 0 saturated carbocycles. The molecule has 4 nitrogen and oxygen atoms in total. The van der Waals surface area contributed by atoms with Crippen LogP contribution in [0.15, 0.2) is 17.0 Å². The SMILES string of the molecule is NCCOC#CCc1cnoc1. The molecule has 1 rings (SSSR count). The van der Waals surface area contributed by atoms with Gasteiger partial charge in [0.15, 0.2) is 0 Å². The molecule has 2 N–H and O–H groups in total. The normalized spacial score (nSPS) is 8.75. The summed E-state index contributed by atoms with van der Waals surface area (Å²) in [5.74, 6) is 2.79. The van der Waals surface area contributed by atoms with E-state index in [0.717, 1.165) is 5.56 Å². The number of nitrogens with zero attached hydrogens (tertiary/aromatic N) is 1. The van der Waals surface area contributed by atoms with Gasteiger partial charge in [0.1, 0.15) is 19.0 Å². The zero-order valence-electron chi connectivity index (χ0n) is 6.62. The summed E-state index contributed by atoms with van der Waals surface area (Å²) >= 11 is 0. The minimum Gasteiger partial charge on any atom is -0.445 e. The summed E-state index contributed by atoms with van der Waals surface area (Å²) in [7, 11) is 0. The lowest BCUT2D eigenvalue weighted by molar-refractivity contribution is 0.288. The molecule has 0 aromatic carbocycles. The van der Waals surface area contributed by atoms with Crippen molar-refractivity contribution in [3.8, 4) is 12.0 Å². The highest BCUT2D eigenvalue weighted by Crippen LogP contribution is 1.95. The fourth-order valence-electron chi connectivity index (χ4n) is 0.613. The third-order valence-corrected chi connectivity index (χ3v) is 1.14. The van der Waals surface area contributed by atoms with E-state index < -0.39 is 0 Å². The maximum atomic E-state index is 5.19. The second kappa shape index (κ2) is 5.22. The van der Waals surface area contributed by atoms with E-state index in [2.05, 4.69) is 21.7 Å². The molecular formula is C8H10N2O2. The Morgan fingerprint density at radius 3 is 3.25 bits per heavy atom. The lowest BCUT2D eigenvalue weighted by atomic mass is 10.3. The van der Waals surface area contributed by atoms with E-state index in [1.54, 1.807) is 12.5 Å². The Morgan fingerprint density at radius 1 is 1.67 bits per heavy atom. The predicted octanol–water partition coefficient (Wildman–Crippen LogP) is 0.153. The number of hydrogen-bond donors (Lipinski definition) is 1. The van der Waals surface area contributed by atoms with Crippen molar-refractivity contribution in [2.24, 2.45) is 5.73 Å². The van der Waals surface area contributed by atoms with E-state index in [9.17, 15) is 0 Å². The van der Waals surface area contributed by atoms with Gasteiger partial charge in [-0.15, -0.1) is 0 Å². The summed E-state index contributed by atoms with van der Waals surface area (Å²) in [6.45, 7) is 0.957. The number of hydrogen-bond acceptors (Lipinski definition) is 4. The Morgan fingerprint density at radius 2 is 2.58 bits per heavy atom. The predicted molar refractivity (Wildman–Crippen MR) is 43.0 cm³/mol. The molecule has 0 fully saturated rings. The van der Waals surface area contributed by atoms with Crippen molar-refractivity contribution in [1.29, 1.82) is 0 Å². The van der Waals surface area contributed by atoms with E-state index in [0.29, 0.717) is 19.6 Å². The van der Waals surface area contributed by atoms with Gasteiger partial charge in [-0.2, -0.15) is 0 Å². The molecule has 0 bridgehead atoms. The minimum atomic E-state index is 0.469. The van der Waals surface area contributed by atoms with Crippen LogP contribution in [0.3, 0.4) is 0 Å². The van der Waals surface area contributed by atoms with E-state index in [-0.39, 0.29) is 0 Å². The average Bonchev–Trinajstić information content (AvgIpc) is 2.57. The maximum absolute atomic E-state index is 5.19. The van der Waals surface area contributed by atoms with Gasteiger partial charge < -0.3 is 15.0 Å². The van der Waals surface area contributed by atoms with Gasteiger partial charge >= 0.3 is 0 Å². The van der Waals surface area contributed by atoms with E-state index in [1.165, 1.54) is 0 Å². The van der Waals surface area contributed by atoms with Gasteiger partial charge in [-0.3, -0.25) is 0 Å². The molecule has 0 saturated heterocycles. The molecule has 0 radical (unpaired) electrons. The highest BCUT2D eigenvalue weighted by molar-refractivity contribution is 5.10. The van der Waals surface area contributed by atoms with Gasteiger partial charge in [-0.25, -0.2) is 0 Å². The highest BCUT2D eigenvalue weighted by atomic mass is 16.5. The van der Waals surface area contributed by atoms with Crippen LogP contribution in [0.5, 0.6) is 0 Å². The molecular weight excluding hydrogens is 156 g/mol. The monoisotopic (exact) mass is 166 g/mol. The molecule has 0 aliphatic rings. The third kappa shape index (κ3) is 3.08. The molecule has 0 aliphatic heterocycles. The highest BCUT2D eigenvalue weighted by Gasteiger charge is 1.89. The lowest BCUT2D eigenvalue weighted by Gasteiger charge is -1.89. The Balaban J connectivity index is 2.19. The number of nitrogens with two attached hydrogens (primary N) is 1. The molecule has 0 amide bonds. The van der Waals surface area contributed by atoms with Crippen LogP contribution in [0.4, 0.5) is 0 Å². The fraction of sp³-hybridized carbons (Fsp3) is 0.375. The topological polar surface area (TPSA) is 61.3 Å². The summed E-state index contributed by atoms with van der Waals surface area (Å²) in [6, 6.07) is 0. The van der Waals surface area contributed by atoms with Crippen LogP contribution in [0.25, 0.3) is 0 Å². The standard InChI is InChI=1S/C8H10N2O2/c9-3-5-11-4-1-2-8-6-10-12-7-8/h6-7H,2-3,5,9H2. The van der Waals surface area contributed by atoms with Crippen molar-refractivity contribution in [1.82, 2.24) is 5.16 Å². The summed E-state index contributed by atoms with van der Waals surface area (Å²) in [5, 5.41) is 3.53. The number of aromatic nitrogens is 1. The summed E-state index contributed by atoms with van der Waals surface area (Å²) < 4.78 is 9.46. The van der Waals surface area contributed by atoms with E-state index >= 15 is 0 Å². The molecule has 4 heteroatoms. The quantitative estimate of drug-likeness (QED) is 0.513. The van der Waals surface area contributed by atoms with Crippen molar-refractivity contribution in [2.45, 2.75) is 6.42 Å². The Labute approximate surface area is 70.7 Å². The second-order valence-corrected chi connectivity index (χ2v) is 2.13. The van der Waals surface area contributed by atoms with Gasteiger partial charge in [0.25, 0.3) is 0 Å². The van der Waals surface area contributed by atoms with Crippen LogP contribution in [0.2, 0.25) is 0 Å². The average molecular weight is 166 g/mol. The molecule has 12 heavy (non-hydrogen) atoms. The molecule has 1 aromatic rings. The van der Waals surface area contributed by atoms with Crippen molar-refractivity contribution < 1.29 is 9.26 Å². The van der Waals surface area contributed by atoms with Gasteiger partial charge in [-0.05, 0) is 0 Å². The second-order valence-electron chi connectivity index (χ2n) is 2.13. The van der Waals surface area contributed by atoms with E-state index in [1.807, 2.05) is 0 Å². The largest absolute Gasteiger partial charge is 0.445 e. The zero-order chi connectivity index (χ0) is 8.65. The van der Waals surface area contributed by atoms with Crippen molar-refractivity contribution in [2.75, 3.05) is 13.2 Å². The van der Waals surface area contributed by atoms with Crippen molar-refractivity contribution in [3.05, 3.63) is 18.0 Å². The first kappa shape index (κ1) is 8.62. The number of ether oxygens (including phenoxy) is 1. The third-order valence-electron chi connectivity index (χ3n) is 1.14. The van der Waals surface area contributed by atoms with Crippen LogP contribution in [0, 0.1) is 12.0 Å². The maximum Gasteiger partial charge on any atom is 0.127 e. The molecule has 1 aromatic heterocycles. The molecule has 0 unspecified atom stereocenters. The van der Waals surface area contributed by atoms with E-state index in [4.69, 9.17) is 10.5 Å². The minimum absolute atomic E-state index is 0.469. The molecule has 0 spiro atoms. The molecule has 0 aliphatic carbocycles. The first-order chi connectivity index (χ1) is 5.93. The van der Waals surface area contributed by atoms with Crippen molar-refractivity contribution in [3.63, 3.8) is 0 Å². The smallest absolute Gasteiger partial charge is 0.127 e. The van der Waals surface area contributed by atoms with Gasteiger partial charge in [0.05, 0.1) is 6.20 Å². The summed E-state index contributed by atoms with van der Waals surface area (Å²) in [4.78, 5) is 0. The fourth-order valence-corrected chi connectivity index (χ4v) is 0.613. The van der Waals surface area contributed by atoms with Crippen LogP contribution in [-0.2, 0) is 11.2 Å². The van der Waals surface area contributed by atoms with Gasteiger partial charge in [-0.1, -0.05) is 11.1 Å².